The maximum absolute atomic E-state index is 10.9. The highest BCUT2D eigenvalue weighted by molar-refractivity contribution is 8.13. The summed E-state index contributed by atoms with van der Waals surface area (Å²) >= 11 is 5.59. The summed E-state index contributed by atoms with van der Waals surface area (Å²) in [6, 6.07) is 5.74. The third-order valence-corrected chi connectivity index (χ3v) is 3.03. The van der Waals surface area contributed by atoms with E-state index in [2.05, 4.69) is 0 Å². The van der Waals surface area contributed by atoms with Gasteiger partial charge in [-0.1, -0.05) is 17.7 Å². The molecule has 6 heteroatoms. The van der Waals surface area contributed by atoms with Gasteiger partial charge in [-0.2, -0.15) is 5.26 Å². The largest absolute Gasteiger partial charge is 0.262 e. The molecule has 0 heterocycles. The molecule has 0 spiro atoms. The monoisotopic (exact) mass is 235 g/mol. The van der Waals surface area contributed by atoms with Gasteiger partial charge in [0.15, 0.2) is 0 Å². The summed E-state index contributed by atoms with van der Waals surface area (Å²) in [5.74, 6) is 0. The molecule has 0 aromatic heterocycles. The second-order valence-corrected chi connectivity index (χ2v) is 5.10. The van der Waals surface area contributed by atoms with Crippen LogP contribution < -0.4 is 0 Å². The van der Waals surface area contributed by atoms with Gasteiger partial charge in [0.25, 0.3) is 9.05 Å². The lowest BCUT2D eigenvalue weighted by atomic mass is 10.2. The van der Waals surface area contributed by atoms with E-state index >= 15 is 0 Å². The smallest absolute Gasteiger partial charge is 0.207 e. The Bertz CT molecular complexity index is 476. The molecular formula is C7H3Cl2NO2S. The first-order valence-corrected chi connectivity index (χ1v) is 5.79. The van der Waals surface area contributed by atoms with Gasteiger partial charge >= 0.3 is 0 Å². The van der Waals surface area contributed by atoms with E-state index in [1.807, 2.05) is 0 Å². The van der Waals surface area contributed by atoms with Crippen molar-refractivity contribution in [2.75, 3.05) is 0 Å². The third kappa shape index (κ3) is 2.13. The summed E-state index contributed by atoms with van der Waals surface area (Å²) in [7, 11) is 1.17. The van der Waals surface area contributed by atoms with Crippen molar-refractivity contribution in [2.45, 2.75) is 4.90 Å². The van der Waals surface area contributed by atoms with Crippen molar-refractivity contribution < 1.29 is 8.42 Å². The zero-order valence-electron chi connectivity index (χ0n) is 6.16. The summed E-state index contributed by atoms with van der Waals surface area (Å²) < 4.78 is 21.8. The van der Waals surface area contributed by atoms with E-state index in [9.17, 15) is 8.42 Å². The van der Waals surface area contributed by atoms with Crippen LogP contribution in [0.2, 0.25) is 5.02 Å². The molecule has 0 saturated heterocycles. The summed E-state index contributed by atoms with van der Waals surface area (Å²) in [4.78, 5) is -0.260. The van der Waals surface area contributed by atoms with E-state index in [1.54, 1.807) is 6.07 Å². The minimum atomic E-state index is -3.90. The maximum Gasteiger partial charge on any atom is 0.262 e. The highest BCUT2D eigenvalue weighted by atomic mass is 35.7. The fourth-order valence-electron chi connectivity index (χ4n) is 0.816. The molecular weight excluding hydrogens is 233 g/mol. The van der Waals surface area contributed by atoms with Crippen LogP contribution in [0.1, 0.15) is 5.56 Å². The maximum atomic E-state index is 10.9. The van der Waals surface area contributed by atoms with Crippen LogP contribution in [-0.4, -0.2) is 8.42 Å². The van der Waals surface area contributed by atoms with Crippen molar-refractivity contribution >= 4 is 31.3 Å². The Morgan fingerprint density at radius 1 is 1.38 bits per heavy atom. The zero-order chi connectivity index (χ0) is 10.1. The lowest BCUT2D eigenvalue weighted by molar-refractivity contribution is 0.609. The van der Waals surface area contributed by atoms with Crippen LogP contribution in [-0.2, 0) is 9.05 Å². The highest BCUT2D eigenvalue weighted by Gasteiger charge is 2.17. The molecule has 1 aromatic rings. The molecule has 68 valence electrons. The van der Waals surface area contributed by atoms with Crippen molar-refractivity contribution in [3.63, 3.8) is 0 Å². The van der Waals surface area contributed by atoms with Crippen LogP contribution in [0.3, 0.4) is 0 Å². The second kappa shape index (κ2) is 3.54. The number of hydrogen-bond donors (Lipinski definition) is 0. The molecule has 13 heavy (non-hydrogen) atoms. The lowest BCUT2D eigenvalue weighted by Crippen LogP contribution is -1.95. The molecule has 1 rings (SSSR count). The molecule has 3 nitrogen and oxygen atoms in total. The average molecular weight is 236 g/mol. The van der Waals surface area contributed by atoms with Crippen LogP contribution in [0, 0.1) is 11.3 Å². The molecule has 0 saturated carbocycles. The van der Waals surface area contributed by atoms with Gasteiger partial charge < -0.3 is 0 Å². The Labute approximate surface area is 84.9 Å². The van der Waals surface area contributed by atoms with Gasteiger partial charge in [0.2, 0.25) is 0 Å². The normalized spacial score (nSPS) is 10.8. The van der Waals surface area contributed by atoms with Gasteiger partial charge in [-0.25, -0.2) is 8.42 Å². The molecule has 0 aliphatic heterocycles. The quantitative estimate of drug-likeness (QED) is 0.702. The molecule has 0 unspecified atom stereocenters. The van der Waals surface area contributed by atoms with Gasteiger partial charge in [-0.3, -0.25) is 0 Å². The van der Waals surface area contributed by atoms with E-state index in [0.717, 1.165) is 0 Å². The Kier molecular flexibility index (Phi) is 2.81. The fourth-order valence-corrected chi connectivity index (χ4v) is 2.12. The number of nitriles is 1. The Morgan fingerprint density at radius 2 is 2.00 bits per heavy atom. The number of benzene rings is 1. The molecule has 0 fully saturated rings. The molecule has 0 amide bonds. The van der Waals surface area contributed by atoms with E-state index < -0.39 is 9.05 Å². The molecule has 0 bridgehead atoms. The number of nitrogens with zero attached hydrogens (tertiary/aromatic N) is 1. The van der Waals surface area contributed by atoms with Crippen LogP contribution in [0.25, 0.3) is 0 Å². The van der Waals surface area contributed by atoms with Crippen molar-refractivity contribution in [3.05, 3.63) is 28.8 Å². The van der Waals surface area contributed by atoms with Crippen LogP contribution in [0.4, 0.5) is 0 Å². The number of hydrogen-bond acceptors (Lipinski definition) is 3. The van der Waals surface area contributed by atoms with Crippen LogP contribution in [0.5, 0.6) is 0 Å². The number of rotatable bonds is 1. The Morgan fingerprint density at radius 3 is 2.38 bits per heavy atom. The summed E-state index contributed by atoms with van der Waals surface area (Å²) in [6.45, 7) is 0. The van der Waals surface area contributed by atoms with Gasteiger partial charge in [0, 0.05) is 10.7 Å². The van der Waals surface area contributed by atoms with Crippen molar-refractivity contribution in [1.29, 1.82) is 5.26 Å². The predicted molar refractivity (Wildman–Crippen MR) is 49.2 cm³/mol. The molecule has 0 radical (unpaired) electrons. The van der Waals surface area contributed by atoms with E-state index in [1.165, 1.54) is 18.2 Å². The number of halogens is 2. The summed E-state index contributed by atoms with van der Waals surface area (Å²) in [5, 5.41) is 8.68. The van der Waals surface area contributed by atoms with Crippen LogP contribution >= 0.6 is 22.3 Å². The zero-order valence-corrected chi connectivity index (χ0v) is 8.49. The lowest BCUT2D eigenvalue weighted by Gasteiger charge is -1.99. The van der Waals surface area contributed by atoms with Crippen molar-refractivity contribution in [3.8, 4) is 6.07 Å². The Hall–Kier alpha value is -0.760. The molecule has 0 N–H and O–H groups in total. The average Bonchev–Trinajstić information content (AvgIpc) is 2.02. The molecule has 0 aliphatic rings. The minimum Gasteiger partial charge on any atom is -0.207 e. The first-order valence-electron chi connectivity index (χ1n) is 3.10. The van der Waals surface area contributed by atoms with E-state index in [4.69, 9.17) is 27.5 Å². The first-order chi connectivity index (χ1) is 5.96. The van der Waals surface area contributed by atoms with Crippen molar-refractivity contribution in [1.82, 2.24) is 0 Å². The van der Waals surface area contributed by atoms with Crippen molar-refractivity contribution in [2.24, 2.45) is 0 Å². The highest BCUT2D eigenvalue weighted by Crippen LogP contribution is 2.25. The van der Waals surface area contributed by atoms with Gasteiger partial charge in [0.1, 0.15) is 11.0 Å². The molecule has 0 atom stereocenters. The summed E-state index contributed by atoms with van der Waals surface area (Å²) in [6.07, 6.45) is 0. The van der Waals surface area contributed by atoms with Gasteiger partial charge in [0.05, 0.1) is 10.6 Å². The fraction of sp³-hybridized carbons (Fsp3) is 0. The molecule has 1 aromatic carbocycles. The standard InChI is InChI=1S/C7H3Cl2NO2S/c8-6-2-1-3-7(5(6)4-10)13(9,11)12/h1-3H. The third-order valence-electron chi connectivity index (χ3n) is 1.35. The predicted octanol–water partition coefficient (Wildman–Crippen LogP) is 2.14. The van der Waals surface area contributed by atoms with E-state index in [0.29, 0.717) is 0 Å². The second-order valence-electron chi connectivity index (χ2n) is 2.16. The van der Waals surface area contributed by atoms with E-state index in [-0.39, 0.29) is 15.5 Å². The first kappa shape index (κ1) is 10.3. The van der Waals surface area contributed by atoms with Crippen LogP contribution in [0.15, 0.2) is 23.1 Å². The van der Waals surface area contributed by atoms with Gasteiger partial charge in [-0.15, -0.1) is 0 Å². The SMILES string of the molecule is N#Cc1c(Cl)cccc1S(=O)(=O)Cl. The Balaban J connectivity index is 3.59. The summed E-state index contributed by atoms with van der Waals surface area (Å²) in [5.41, 5.74) is -0.126. The van der Waals surface area contributed by atoms with Gasteiger partial charge in [-0.05, 0) is 12.1 Å². The topological polar surface area (TPSA) is 57.9 Å². The molecule has 0 aliphatic carbocycles. The minimum absolute atomic E-state index is 0.0734.